The third kappa shape index (κ3) is 4.43. The van der Waals surface area contributed by atoms with Crippen LogP contribution >= 0.6 is 0 Å². The molecule has 1 fully saturated rings. The van der Waals surface area contributed by atoms with Crippen molar-refractivity contribution in [3.63, 3.8) is 0 Å². The normalized spacial score (nSPS) is 18.0. The van der Waals surface area contributed by atoms with Gasteiger partial charge in [0.05, 0.1) is 5.69 Å². The number of amides is 2. The van der Waals surface area contributed by atoms with Crippen molar-refractivity contribution < 1.29 is 14.3 Å². The van der Waals surface area contributed by atoms with E-state index in [1.54, 1.807) is 45.0 Å². The van der Waals surface area contributed by atoms with Gasteiger partial charge in [-0.05, 0) is 45.7 Å². The van der Waals surface area contributed by atoms with E-state index in [2.05, 4.69) is 15.7 Å². The fraction of sp³-hybridized carbons (Fsp3) is 0.500. The summed E-state index contributed by atoms with van der Waals surface area (Å²) in [7, 11) is 0. The Morgan fingerprint density at radius 1 is 1.33 bits per heavy atom. The van der Waals surface area contributed by atoms with E-state index in [0.29, 0.717) is 24.3 Å². The van der Waals surface area contributed by atoms with Crippen LogP contribution < -0.4 is 11.2 Å². The number of benzene rings is 1. The molecule has 0 aliphatic carbocycles. The Kier molecular flexibility index (Phi) is 5.38. The molecule has 2 amide bonds. The SMILES string of the molecule is CC(C)(C)OC(=O)N1CCC[C@H]1C(=O)Nc1ccccc1N=NN. The van der Waals surface area contributed by atoms with Crippen LogP contribution in [0.1, 0.15) is 33.6 Å². The van der Waals surface area contributed by atoms with Gasteiger partial charge in [-0.25, -0.2) is 4.79 Å². The largest absolute Gasteiger partial charge is 0.444 e. The van der Waals surface area contributed by atoms with Gasteiger partial charge in [0.25, 0.3) is 0 Å². The predicted octanol–water partition coefficient (Wildman–Crippen LogP) is 2.98. The lowest BCUT2D eigenvalue weighted by Gasteiger charge is -2.28. The number of anilines is 1. The molecule has 2 rings (SSSR count). The van der Waals surface area contributed by atoms with E-state index in [1.807, 2.05) is 0 Å². The fourth-order valence-electron chi connectivity index (χ4n) is 2.52. The first-order chi connectivity index (χ1) is 11.3. The average Bonchev–Trinajstić information content (AvgIpc) is 2.97. The third-order valence-electron chi connectivity index (χ3n) is 3.51. The second kappa shape index (κ2) is 7.29. The Hall–Kier alpha value is -2.64. The van der Waals surface area contributed by atoms with Crippen molar-refractivity contribution in [2.75, 3.05) is 11.9 Å². The van der Waals surface area contributed by atoms with Crippen LogP contribution in [0.3, 0.4) is 0 Å². The Morgan fingerprint density at radius 2 is 2.04 bits per heavy atom. The van der Waals surface area contributed by atoms with Crippen molar-refractivity contribution >= 4 is 23.4 Å². The molecule has 1 saturated heterocycles. The number of hydrogen-bond acceptors (Lipinski definition) is 5. The second-order valence-electron chi connectivity index (χ2n) is 6.55. The van der Waals surface area contributed by atoms with Gasteiger partial charge in [-0.1, -0.05) is 17.4 Å². The zero-order valence-electron chi connectivity index (χ0n) is 14.2. The van der Waals surface area contributed by atoms with Crippen molar-refractivity contribution in [3.8, 4) is 0 Å². The highest BCUT2D eigenvalue weighted by molar-refractivity contribution is 5.98. The molecule has 24 heavy (non-hydrogen) atoms. The molecule has 8 nitrogen and oxygen atoms in total. The standard InChI is InChI=1S/C16H23N5O3/c1-16(2,3)24-15(23)21-10-6-9-13(21)14(22)18-11-7-4-5-8-12(11)19-20-17/h4-5,7-8,13H,6,9-10H2,1-3H3,(H2,17,19)(H,18,22)/t13-/m0/s1. The molecule has 0 aromatic heterocycles. The zero-order chi connectivity index (χ0) is 17.7. The van der Waals surface area contributed by atoms with Crippen LogP contribution in [0.5, 0.6) is 0 Å². The molecule has 1 aliphatic rings. The fourth-order valence-corrected chi connectivity index (χ4v) is 2.52. The topological polar surface area (TPSA) is 109 Å². The zero-order valence-corrected chi connectivity index (χ0v) is 14.2. The summed E-state index contributed by atoms with van der Waals surface area (Å²) in [5.41, 5.74) is 0.345. The first kappa shape index (κ1) is 17.7. The van der Waals surface area contributed by atoms with Crippen molar-refractivity contribution in [3.05, 3.63) is 24.3 Å². The lowest BCUT2D eigenvalue weighted by molar-refractivity contribution is -0.120. The number of rotatable bonds is 3. The first-order valence-corrected chi connectivity index (χ1v) is 7.82. The summed E-state index contributed by atoms with van der Waals surface area (Å²) in [5, 5.41) is 9.80. The van der Waals surface area contributed by atoms with Gasteiger partial charge in [0, 0.05) is 6.54 Å². The molecule has 3 N–H and O–H groups in total. The molecule has 130 valence electrons. The third-order valence-corrected chi connectivity index (χ3v) is 3.51. The van der Waals surface area contributed by atoms with Crippen molar-refractivity contribution in [2.24, 2.45) is 16.2 Å². The number of nitrogens with zero attached hydrogens (tertiary/aromatic N) is 3. The molecule has 1 aliphatic heterocycles. The highest BCUT2D eigenvalue weighted by Crippen LogP contribution is 2.27. The molecule has 0 radical (unpaired) electrons. The number of carbonyl (C=O) groups excluding carboxylic acids is 2. The van der Waals surface area contributed by atoms with Crippen molar-refractivity contribution in [1.82, 2.24) is 4.90 Å². The van der Waals surface area contributed by atoms with Crippen molar-refractivity contribution in [2.45, 2.75) is 45.3 Å². The van der Waals surface area contributed by atoms with E-state index < -0.39 is 17.7 Å². The van der Waals surface area contributed by atoms with E-state index in [-0.39, 0.29) is 5.91 Å². The van der Waals surface area contributed by atoms with E-state index >= 15 is 0 Å². The minimum absolute atomic E-state index is 0.280. The van der Waals surface area contributed by atoms with Gasteiger partial charge in [-0.3, -0.25) is 9.69 Å². The summed E-state index contributed by atoms with van der Waals surface area (Å²) in [5.74, 6) is 4.80. The molecule has 1 aromatic carbocycles. The van der Waals surface area contributed by atoms with Crippen LogP contribution in [-0.2, 0) is 9.53 Å². The van der Waals surface area contributed by atoms with E-state index in [4.69, 9.17) is 10.6 Å². The van der Waals surface area contributed by atoms with E-state index in [9.17, 15) is 9.59 Å². The average molecular weight is 333 g/mol. The Labute approximate surface area is 141 Å². The maximum atomic E-state index is 12.6. The van der Waals surface area contributed by atoms with E-state index in [1.165, 1.54) is 4.90 Å². The maximum Gasteiger partial charge on any atom is 0.410 e. The van der Waals surface area contributed by atoms with Gasteiger partial charge in [0.1, 0.15) is 17.3 Å². The summed E-state index contributed by atoms with van der Waals surface area (Å²) in [4.78, 5) is 26.3. The summed E-state index contributed by atoms with van der Waals surface area (Å²) < 4.78 is 5.37. The number of carbonyl (C=O) groups is 2. The van der Waals surface area contributed by atoms with Crippen LogP contribution in [-0.4, -0.2) is 35.1 Å². The molecule has 0 saturated carbocycles. The number of para-hydroxylation sites is 1. The molecular weight excluding hydrogens is 310 g/mol. The van der Waals surface area contributed by atoms with Crippen LogP contribution in [0.25, 0.3) is 0 Å². The number of nitrogens with one attached hydrogen (secondary N) is 1. The van der Waals surface area contributed by atoms with Gasteiger partial charge in [-0.2, -0.15) is 0 Å². The molecule has 1 aromatic rings. The summed E-state index contributed by atoms with van der Waals surface area (Å²) >= 11 is 0. The summed E-state index contributed by atoms with van der Waals surface area (Å²) in [6.45, 7) is 5.88. The van der Waals surface area contributed by atoms with Crippen LogP contribution in [0, 0.1) is 0 Å². The molecule has 0 unspecified atom stereocenters. The molecule has 0 spiro atoms. The minimum Gasteiger partial charge on any atom is -0.444 e. The Morgan fingerprint density at radius 3 is 2.71 bits per heavy atom. The van der Waals surface area contributed by atoms with Crippen LogP contribution in [0.15, 0.2) is 34.6 Å². The lowest BCUT2D eigenvalue weighted by atomic mass is 10.2. The van der Waals surface area contributed by atoms with Gasteiger partial charge < -0.3 is 15.9 Å². The molecule has 1 heterocycles. The molecular formula is C16H23N5O3. The summed E-state index contributed by atoms with van der Waals surface area (Å²) in [6, 6.07) is 6.36. The number of likely N-dealkylation sites (tertiary alicyclic amines) is 1. The van der Waals surface area contributed by atoms with Crippen LogP contribution in [0.2, 0.25) is 0 Å². The molecule has 1 atom stereocenters. The summed E-state index contributed by atoms with van der Waals surface area (Å²) in [6.07, 6.45) is 0.864. The second-order valence-corrected chi connectivity index (χ2v) is 6.55. The lowest BCUT2D eigenvalue weighted by Crippen LogP contribution is -2.45. The highest BCUT2D eigenvalue weighted by atomic mass is 16.6. The maximum absolute atomic E-state index is 12.6. The quantitative estimate of drug-likeness (QED) is 0.503. The smallest absolute Gasteiger partial charge is 0.410 e. The number of ether oxygens (including phenoxy) is 1. The molecule has 8 heteroatoms. The minimum atomic E-state index is -0.602. The van der Waals surface area contributed by atoms with Gasteiger partial charge >= 0.3 is 6.09 Å². The van der Waals surface area contributed by atoms with Gasteiger partial charge in [0.15, 0.2) is 0 Å². The monoisotopic (exact) mass is 333 g/mol. The van der Waals surface area contributed by atoms with Gasteiger partial charge in [-0.15, -0.1) is 5.11 Å². The number of nitrogens with two attached hydrogens (primary N) is 1. The van der Waals surface area contributed by atoms with Crippen molar-refractivity contribution in [1.29, 1.82) is 0 Å². The first-order valence-electron chi connectivity index (χ1n) is 7.82. The van der Waals surface area contributed by atoms with Gasteiger partial charge in [0.2, 0.25) is 5.91 Å². The van der Waals surface area contributed by atoms with E-state index in [0.717, 1.165) is 6.42 Å². The molecule has 0 bridgehead atoms. The van der Waals surface area contributed by atoms with Crippen LogP contribution in [0.4, 0.5) is 16.2 Å². The Bertz CT molecular complexity index is 639. The predicted molar refractivity (Wildman–Crippen MR) is 89.7 cm³/mol. The Balaban J connectivity index is 2.10. The highest BCUT2D eigenvalue weighted by Gasteiger charge is 2.36. The number of hydrogen-bond donors (Lipinski definition) is 2.